The highest BCUT2D eigenvalue weighted by Gasteiger charge is 2.14. The van der Waals surface area contributed by atoms with Crippen LogP contribution in [0.5, 0.6) is 0 Å². The molecule has 3 heterocycles. The third-order valence-corrected chi connectivity index (χ3v) is 4.78. The van der Waals surface area contributed by atoms with Crippen LogP contribution in [0.2, 0.25) is 5.02 Å². The van der Waals surface area contributed by atoms with Gasteiger partial charge in [-0.25, -0.2) is 23.7 Å². The molecule has 0 fully saturated rings. The van der Waals surface area contributed by atoms with Crippen LogP contribution < -0.4 is 5.32 Å². The summed E-state index contributed by atoms with van der Waals surface area (Å²) in [6.07, 6.45) is 1.63. The maximum Gasteiger partial charge on any atom is 0.165 e. The zero-order chi connectivity index (χ0) is 22.7. The fraction of sp³-hybridized carbons (Fsp3) is 0.217. The van der Waals surface area contributed by atoms with E-state index in [0.717, 1.165) is 12.1 Å². The van der Waals surface area contributed by atoms with Crippen molar-refractivity contribution in [2.24, 2.45) is 5.92 Å². The Kier molecular flexibility index (Phi) is 6.53. The molecule has 0 amide bonds. The lowest BCUT2D eigenvalue weighted by molar-refractivity contribution is 0.0925. The number of hydrogen-bond donors (Lipinski definition) is 1. The molecular weight excluding hydrogens is 436 g/mol. The average molecular weight is 456 g/mol. The fourth-order valence-corrected chi connectivity index (χ4v) is 3.24. The summed E-state index contributed by atoms with van der Waals surface area (Å²) in [5, 5.41) is 4.09. The second-order valence-electron chi connectivity index (χ2n) is 7.55. The standard InChI is InChI=1S/C23H20ClF2N5O/c1-13(2)11-32-12-20-30-22(28-14-5-7-17(25)18(26)10-14)15-6-8-19(29-23(15)31-20)21-16(24)4-3-9-27-21/h3-10,13H,11-12H2,1-2H3,(H,28,29,30,31). The first kappa shape index (κ1) is 22.0. The summed E-state index contributed by atoms with van der Waals surface area (Å²) in [4.78, 5) is 18.0. The topological polar surface area (TPSA) is 72.8 Å². The lowest BCUT2D eigenvalue weighted by Gasteiger charge is -2.12. The summed E-state index contributed by atoms with van der Waals surface area (Å²) in [5.41, 5.74) is 1.82. The van der Waals surface area contributed by atoms with Gasteiger partial charge < -0.3 is 10.1 Å². The molecule has 1 N–H and O–H groups in total. The number of ether oxygens (including phenoxy) is 1. The highest BCUT2D eigenvalue weighted by atomic mass is 35.5. The summed E-state index contributed by atoms with van der Waals surface area (Å²) in [7, 11) is 0. The van der Waals surface area contributed by atoms with Crippen LogP contribution >= 0.6 is 11.6 Å². The molecule has 164 valence electrons. The van der Waals surface area contributed by atoms with Crippen molar-refractivity contribution in [1.29, 1.82) is 0 Å². The molecule has 0 aliphatic carbocycles. The highest BCUT2D eigenvalue weighted by Crippen LogP contribution is 2.29. The van der Waals surface area contributed by atoms with Crippen LogP contribution in [0.4, 0.5) is 20.3 Å². The molecule has 6 nitrogen and oxygen atoms in total. The van der Waals surface area contributed by atoms with Crippen LogP contribution in [0.3, 0.4) is 0 Å². The molecule has 32 heavy (non-hydrogen) atoms. The minimum absolute atomic E-state index is 0.177. The number of benzene rings is 1. The van der Waals surface area contributed by atoms with Gasteiger partial charge in [-0.15, -0.1) is 0 Å². The Hall–Kier alpha value is -3.23. The van der Waals surface area contributed by atoms with Crippen molar-refractivity contribution in [3.63, 3.8) is 0 Å². The highest BCUT2D eigenvalue weighted by molar-refractivity contribution is 6.32. The van der Waals surface area contributed by atoms with Crippen molar-refractivity contribution in [3.05, 3.63) is 71.1 Å². The second-order valence-corrected chi connectivity index (χ2v) is 7.96. The van der Waals surface area contributed by atoms with Crippen LogP contribution in [0, 0.1) is 17.6 Å². The van der Waals surface area contributed by atoms with E-state index in [1.165, 1.54) is 6.07 Å². The summed E-state index contributed by atoms with van der Waals surface area (Å²) in [6.45, 7) is 4.81. The van der Waals surface area contributed by atoms with Crippen LogP contribution in [-0.4, -0.2) is 26.5 Å². The van der Waals surface area contributed by atoms with E-state index in [-0.39, 0.29) is 6.61 Å². The minimum atomic E-state index is -0.959. The number of halogens is 3. The zero-order valence-corrected chi connectivity index (χ0v) is 18.2. The molecule has 0 aliphatic rings. The van der Waals surface area contributed by atoms with Crippen molar-refractivity contribution in [3.8, 4) is 11.4 Å². The van der Waals surface area contributed by atoms with E-state index >= 15 is 0 Å². The maximum absolute atomic E-state index is 13.7. The van der Waals surface area contributed by atoms with Crippen LogP contribution in [0.1, 0.15) is 19.7 Å². The van der Waals surface area contributed by atoms with Crippen LogP contribution in [0.15, 0.2) is 48.7 Å². The molecule has 0 atom stereocenters. The van der Waals surface area contributed by atoms with Gasteiger partial charge in [0.25, 0.3) is 0 Å². The van der Waals surface area contributed by atoms with Crippen LogP contribution in [0.25, 0.3) is 22.4 Å². The first-order valence-corrected chi connectivity index (χ1v) is 10.4. The molecule has 1 aromatic carbocycles. The molecule has 0 saturated carbocycles. The monoisotopic (exact) mass is 455 g/mol. The van der Waals surface area contributed by atoms with Gasteiger partial charge in [0.05, 0.1) is 16.1 Å². The quantitative estimate of drug-likeness (QED) is 0.372. The van der Waals surface area contributed by atoms with Gasteiger partial charge in [0, 0.05) is 24.6 Å². The van der Waals surface area contributed by atoms with Gasteiger partial charge in [-0.05, 0) is 42.3 Å². The average Bonchev–Trinajstić information content (AvgIpc) is 2.76. The van der Waals surface area contributed by atoms with Gasteiger partial charge in [-0.2, -0.15) is 0 Å². The van der Waals surface area contributed by atoms with E-state index in [2.05, 4.69) is 25.3 Å². The number of nitrogens with zero attached hydrogens (tertiary/aromatic N) is 4. The van der Waals surface area contributed by atoms with E-state index in [4.69, 9.17) is 16.3 Å². The number of rotatable bonds is 7. The Morgan fingerprint density at radius 3 is 2.62 bits per heavy atom. The van der Waals surface area contributed by atoms with Crippen molar-refractivity contribution in [1.82, 2.24) is 19.9 Å². The van der Waals surface area contributed by atoms with Gasteiger partial charge in [-0.3, -0.25) is 4.98 Å². The molecule has 0 spiro atoms. The number of anilines is 2. The van der Waals surface area contributed by atoms with Crippen LogP contribution in [-0.2, 0) is 11.3 Å². The zero-order valence-electron chi connectivity index (χ0n) is 17.4. The minimum Gasteiger partial charge on any atom is -0.373 e. The molecule has 0 saturated heterocycles. The molecule has 0 unspecified atom stereocenters. The Balaban J connectivity index is 1.77. The molecule has 0 aliphatic heterocycles. The predicted octanol–water partition coefficient (Wildman–Crippen LogP) is 5.93. The second kappa shape index (κ2) is 9.50. The van der Waals surface area contributed by atoms with Gasteiger partial charge in [0.15, 0.2) is 23.1 Å². The molecule has 0 bridgehead atoms. The van der Waals surface area contributed by atoms with Crippen molar-refractivity contribution in [2.75, 3.05) is 11.9 Å². The molecule has 3 aromatic heterocycles. The summed E-state index contributed by atoms with van der Waals surface area (Å²) in [5.74, 6) is -0.731. The van der Waals surface area contributed by atoms with Crippen molar-refractivity contribution in [2.45, 2.75) is 20.5 Å². The van der Waals surface area contributed by atoms with Gasteiger partial charge in [-0.1, -0.05) is 25.4 Å². The largest absolute Gasteiger partial charge is 0.373 e. The number of nitrogens with one attached hydrogen (secondary N) is 1. The van der Waals surface area contributed by atoms with Crippen molar-refractivity contribution < 1.29 is 13.5 Å². The van der Waals surface area contributed by atoms with Gasteiger partial charge in [0.1, 0.15) is 18.1 Å². The van der Waals surface area contributed by atoms with E-state index < -0.39 is 11.6 Å². The Bertz CT molecular complexity index is 1270. The Morgan fingerprint density at radius 1 is 1.03 bits per heavy atom. The molecule has 4 rings (SSSR count). The molecular formula is C23H20ClF2N5O. The third-order valence-electron chi connectivity index (χ3n) is 4.47. The number of pyridine rings is 2. The lowest BCUT2D eigenvalue weighted by atomic mass is 10.2. The molecule has 9 heteroatoms. The Labute approximate surface area is 188 Å². The smallest absolute Gasteiger partial charge is 0.165 e. The third kappa shape index (κ3) is 4.98. The summed E-state index contributed by atoms with van der Waals surface area (Å²) in [6, 6.07) is 10.5. The van der Waals surface area contributed by atoms with Gasteiger partial charge >= 0.3 is 0 Å². The first-order valence-electron chi connectivity index (χ1n) is 9.99. The predicted molar refractivity (Wildman–Crippen MR) is 120 cm³/mol. The number of hydrogen-bond acceptors (Lipinski definition) is 6. The van der Waals surface area contributed by atoms with E-state index in [1.807, 2.05) is 13.8 Å². The SMILES string of the molecule is CC(C)COCc1nc(Nc2ccc(F)c(F)c2)c2ccc(-c3ncccc3Cl)nc2n1. The fourth-order valence-electron chi connectivity index (χ4n) is 3.02. The number of aromatic nitrogens is 4. The number of fused-ring (bicyclic) bond motifs is 1. The molecule has 4 aromatic rings. The summed E-state index contributed by atoms with van der Waals surface area (Å²) < 4.78 is 32.7. The Morgan fingerprint density at radius 2 is 1.88 bits per heavy atom. The normalized spacial score (nSPS) is 11.3. The van der Waals surface area contributed by atoms with E-state index in [1.54, 1.807) is 30.5 Å². The van der Waals surface area contributed by atoms with Crippen molar-refractivity contribution >= 4 is 34.1 Å². The summed E-state index contributed by atoms with van der Waals surface area (Å²) >= 11 is 6.27. The molecule has 0 radical (unpaired) electrons. The van der Waals surface area contributed by atoms with E-state index in [9.17, 15) is 8.78 Å². The maximum atomic E-state index is 13.7. The van der Waals surface area contributed by atoms with E-state index in [0.29, 0.717) is 57.3 Å². The van der Waals surface area contributed by atoms with Gasteiger partial charge in [0.2, 0.25) is 0 Å². The first-order chi connectivity index (χ1) is 15.4. The lowest BCUT2D eigenvalue weighted by Crippen LogP contribution is -2.08.